The van der Waals surface area contributed by atoms with Gasteiger partial charge in [0, 0.05) is 32.0 Å². The minimum Gasteiger partial charge on any atom is -0.365 e. The summed E-state index contributed by atoms with van der Waals surface area (Å²) in [5.74, 6) is 0.508. The lowest BCUT2D eigenvalue weighted by atomic mass is 10.2. The largest absolute Gasteiger partial charge is 0.365 e. The van der Waals surface area contributed by atoms with Crippen LogP contribution in [0, 0.1) is 0 Å². The van der Waals surface area contributed by atoms with E-state index in [2.05, 4.69) is 20.5 Å². The maximum Gasteiger partial charge on any atom is 0.274 e. The third kappa shape index (κ3) is 4.63. The molecule has 0 fully saturated rings. The maximum absolute atomic E-state index is 12.7. The second kappa shape index (κ2) is 8.71. The molecule has 2 heterocycles. The maximum atomic E-state index is 12.7. The molecule has 0 unspecified atom stereocenters. The Balaban J connectivity index is 1.62. The zero-order valence-corrected chi connectivity index (χ0v) is 14.7. The second-order valence-electron chi connectivity index (χ2n) is 5.82. The zero-order valence-electron chi connectivity index (χ0n) is 14.7. The first-order valence-electron chi connectivity index (χ1n) is 8.56. The van der Waals surface area contributed by atoms with Crippen molar-refractivity contribution in [2.24, 2.45) is 0 Å². The molecule has 0 atom stereocenters. The summed E-state index contributed by atoms with van der Waals surface area (Å²) in [7, 11) is 0. The van der Waals surface area contributed by atoms with Crippen molar-refractivity contribution in [3.8, 4) is 0 Å². The van der Waals surface area contributed by atoms with Gasteiger partial charge < -0.3 is 10.2 Å². The van der Waals surface area contributed by atoms with Crippen LogP contribution in [0.15, 0.2) is 67.0 Å². The third-order valence-electron chi connectivity index (χ3n) is 3.99. The molecule has 1 amide bonds. The SMILES string of the molecule is CCN(Cc1ccccc1)C(=O)c1ccc(NCc2ccncc2)nn1. The van der Waals surface area contributed by atoms with Gasteiger partial charge in [-0.3, -0.25) is 9.78 Å². The molecule has 1 aromatic carbocycles. The minimum atomic E-state index is -0.121. The lowest BCUT2D eigenvalue weighted by molar-refractivity contribution is 0.0745. The van der Waals surface area contributed by atoms with Gasteiger partial charge in [-0.2, -0.15) is 0 Å². The van der Waals surface area contributed by atoms with Crippen molar-refractivity contribution >= 4 is 11.7 Å². The van der Waals surface area contributed by atoms with Gasteiger partial charge in [-0.1, -0.05) is 30.3 Å². The standard InChI is InChI=1S/C20H21N5O/c1-2-25(15-17-6-4-3-5-7-17)20(26)18-8-9-19(24-23-18)22-14-16-10-12-21-13-11-16/h3-13H,2,14-15H2,1H3,(H,22,24). The van der Waals surface area contributed by atoms with Gasteiger partial charge in [-0.15, -0.1) is 10.2 Å². The zero-order chi connectivity index (χ0) is 18.2. The summed E-state index contributed by atoms with van der Waals surface area (Å²) in [4.78, 5) is 18.4. The summed E-state index contributed by atoms with van der Waals surface area (Å²) in [5, 5.41) is 11.4. The van der Waals surface area contributed by atoms with E-state index in [4.69, 9.17) is 0 Å². The van der Waals surface area contributed by atoms with Gasteiger partial charge in [0.25, 0.3) is 5.91 Å². The molecular formula is C20H21N5O. The molecule has 0 radical (unpaired) electrons. The first-order valence-corrected chi connectivity index (χ1v) is 8.56. The topological polar surface area (TPSA) is 71.0 Å². The summed E-state index contributed by atoms with van der Waals surface area (Å²) in [6, 6.07) is 17.3. The third-order valence-corrected chi connectivity index (χ3v) is 3.99. The normalized spacial score (nSPS) is 10.3. The molecule has 132 valence electrons. The molecule has 0 spiro atoms. The molecule has 6 nitrogen and oxygen atoms in total. The fourth-order valence-electron chi connectivity index (χ4n) is 2.53. The van der Waals surface area contributed by atoms with Crippen molar-refractivity contribution in [1.29, 1.82) is 0 Å². The van der Waals surface area contributed by atoms with Crippen LogP contribution in [0.5, 0.6) is 0 Å². The highest BCUT2D eigenvalue weighted by Crippen LogP contribution is 2.10. The molecule has 0 aliphatic rings. The Morgan fingerprint density at radius 1 is 0.962 bits per heavy atom. The number of nitrogens with zero attached hydrogens (tertiary/aromatic N) is 4. The van der Waals surface area contributed by atoms with Gasteiger partial charge in [0.2, 0.25) is 0 Å². The first-order chi connectivity index (χ1) is 12.8. The molecule has 2 aromatic heterocycles. The number of amides is 1. The van der Waals surface area contributed by atoms with Gasteiger partial charge in [-0.05, 0) is 42.3 Å². The Morgan fingerprint density at radius 3 is 2.38 bits per heavy atom. The van der Waals surface area contributed by atoms with Gasteiger partial charge in [-0.25, -0.2) is 0 Å². The molecule has 0 saturated carbocycles. The molecule has 1 N–H and O–H groups in total. The molecule has 0 saturated heterocycles. The number of hydrogen-bond donors (Lipinski definition) is 1. The first kappa shape index (κ1) is 17.5. The number of nitrogens with one attached hydrogen (secondary N) is 1. The minimum absolute atomic E-state index is 0.121. The number of benzene rings is 1. The predicted molar refractivity (Wildman–Crippen MR) is 100 cm³/mol. The van der Waals surface area contributed by atoms with Gasteiger partial charge in [0.15, 0.2) is 5.69 Å². The summed E-state index contributed by atoms with van der Waals surface area (Å²) >= 11 is 0. The number of carbonyl (C=O) groups excluding carboxylic acids is 1. The Bertz CT molecular complexity index is 822. The van der Waals surface area contributed by atoms with E-state index in [0.29, 0.717) is 31.1 Å². The summed E-state index contributed by atoms with van der Waals surface area (Å²) < 4.78 is 0. The Morgan fingerprint density at radius 2 is 1.73 bits per heavy atom. The van der Waals surface area contributed by atoms with Crippen LogP contribution in [0.25, 0.3) is 0 Å². The molecule has 3 aromatic rings. The highest BCUT2D eigenvalue weighted by molar-refractivity contribution is 5.92. The van der Waals surface area contributed by atoms with E-state index in [9.17, 15) is 4.79 Å². The molecule has 26 heavy (non-hydrogen) atoms. The van der Waals surface area contributed by atoms with E-state index in [0.717, 1.165) is 11.1 Å². The summed E-state index contributed by atoms with van der Waals surface area (Å²) in [6.45, 7) is 3.75. The van der Waals surface area contributed by atoms with Crippen LogP contribution in [0.3, 0.4) is 0 Å². The summed E-state index contributed by atoms with van der Waals surface area (Å²) in [6.07, 6.45) is 3.49. The van der Waals surface area contributed by atoms with Crippen molar-refractivity contribution in [3.63, 3.8) is 0 Å². The van der Waals surface area contributed by atoms with Crippen molar-refractivity contribution in [2.75, 3.05) is 11.9 Å². The van der Waals surface area contributed by atoms with Gasteiger partial charge in [0.1, 0.15) is 5.82 Å². The Labute approximate surface area is 152 Å². The van der Waals surface area contributed by atoms with Crippen LogP contribution in [0.1, 0.15) is 28.5 Å². The van der Waals surface area contributed by atoms with Crippen LogP contribution >= 0.6 is 0 Å². The van der Waals surface area contributed by atoms with E-state index in [1.807, 2.05) is 49.4 Å². The smallest absolute Gasteiger partial charge is 0.274 e. The predicted octanol–water partition coefficient (Wildman–Crippen LogP) is 3.15. The lowest BCUT2D eigenvalue weighted by Gasteiger charge is -2.20. The highest BCUT2D eigenvalue weighted by Gasteiger charge is 2.16. The van der Waals surface area contributed by atoms with Gasteiger partial charge >= 0.3 is 0 Å². The Kier molecular flexibility index (Phi) is 5.88. The highest BCUT2D eigenvalue weighted by atomic mass is 16.2. The fourth-order valence-corrected chi connectivity index (χ4v) is 2.53. The number of anilines is 1. The number of pyridine rings is 1. The average Bonchev–Trinajstić information content (AvgIpc) is 2.72. The molecule has 0 bridgehead atoms. The molecular weight excluding hydrogens is 326 g/mol. The molecule has 3 rings (SSSR count). The van der Waals surface area contributed by atoms with Crippen molar-refractivity contribution in [1.82, 2.24) is 20.1 Å². The number of carbonyl (C=O) groups is 1. The average molecular weight is 347 g/mol. The number of hydrogen-bond acceptors (Lipinski definition) is 5. The summed E-state index contributed by atoms with van der Waals surface area (Å²) in [5.41, 5.74) is 2.53. The number of aromatic nitrogens is 3. The molecule has 0 aliphatic heterocycles. The van der Waals surface area contributed by atoms with Crippen LogP contribution in [0.4, 0.5) is 5.82 Å². The lowest BCUT2D eigenvalue weighted by Crippen LogP contribution is -2.31. The van der Waals surface area contributed by atoms with E-state index in [-0.39, 0.29) is 5.91 Å². The number of rotatable bonds is 7. The van der Waals surface area contributed by atoms with Crippen molar-refractivity contribution < 1.29 is 4.79 Å². The Hall–Kier alpha value is -3.28. The molecule has 6 heteroatoms. The fraction of sp³-hybridized carbons (Fsp3) is 0.200. The van der Waals surface area contributed by atoms with Crippen molar-refractivity contribution in [2.45, 2.75) is 20.0 Å². The van der Waals surface area contributed by atoms with Crippen LogP contribution in [0.2, 0.25) is 0 Å². The molecule has 0 aliphatic carbocycles. The quantitative estimate of drug-likeness (QED) is 0.711. The van der Waals surface area contributed by atoms with Crippen molar-refractivity contribution in [3.05, 3.63) is 83.8 Å². The monoisotopic (exact) mass is 347 g/mol. The van der Waals surface area contributed by atoms with E-state index < -0.39 is 0 Å². The van der Waals surface area contributed by atoms with E-state index in [1.165, 1.54) is 0 Å². The van der Waals surface area contributed by atoms with Crippen LogP contribution in [-0.4, -0.2) is 32.5 Å². The van der Waals surface area contributed by atoms with Gasteiger partial charge in [0.05, 0.1) is 0 Å². The second-order valence-corrected chi connectivity index (χ2v) is 5.82. The van der Waals surface area contributed by atoms with E-state index in [1.54, 1.807) is 29.4 Å². The van der Waals surface area contributed by atoms with Crippen LogP contribution in [-0.2, 0) is 13.1 Å². The van der Waals surface area contributed by atoms with Crippen LogP contribution < -0.4 is 5.32 Å². The van der Waals surface area contributed by atoms with E-state index >= 15 is 0 Å².